The van der Waals surface area contributed by atoms with E-state index in [1.807, 2.05) is 24.3 Å². The van der Waals surface area contributed by atoms with Gasteiger partial charge in [-0.25, -0.2) is 4.74 Å². The molecule has 1 aromatic rings. The quantitative estimate of drug-likeness (QED) is 0.293. The first-order chi connectivity index (χ1) is 6.16. The van der Waals surface area contributed by atoms with Gasteiger partial charge in [-0.1, -0.05) is 30.9 Å². The molecule has 0 aliphatic heterocycles. The summed E-state index contributed by atoms with van der Waals surface area (Å²) in [7, 11) is 1.50. The van der Waals surface area contributed by atoms with E-state index in [9.17, 15) is 5.21 Å². The third-order valence-electron chi connectivity index (χ3n) is 2.04. The predicted molar refractivity (Wildman–Crippen MR) is 55.9 cm³/mol. The second-order valence-corrected chi connectivity index (χ2v) is 2.87. The molecule has 0 fully saturated rings. The molecule has 0 heterocycles. The van der Waals surface area contributed by atoms with Gasteiger partial charge in [-0.2, -0.15) is 0 Å². The molecule has 0 spiro atoms. The van der Waals surface area contributed by atoms with Crippen molar-refractivity contribution in [2.75, 3.05) is 7.05 Å². The predicted octanol–water partition coefficient (Wildman–Crippen LogP) is 2.28. The second kappa shape index (κ2) is 3.90. The molecule has 0 aliphatic carbocycles. The van der Waals surface area contributed by atoms with E-state index in [0.717, 1.165) is 15.9 Å². The fourth-order valence-corrected chi connectivity index (χ4v) is 1.17. The van der Waals surface area contributed by atoms with Crippen molar-refractivity contribution in [1.29, 1.82) is 0 Å². The standard InChI is InChI=1S/C11H13NO/c1-4-10-7-5-6-8-11(10)9(2)12(3)13/h4-8H,1H2,2-3H3/b12-9-. The van der Waals surface area contributed by atoms with E-state index in [4.69, 9.17) is 0 Å². The Morgan fingerprint density at radius 2 is 2.08 bits per heavy atom. The summed E-state index contributed by atoms with van der Waals surface area (Å²) in [5, 5.41) is 11.1. The Kier molecular flexibility index (Phi) is 2.85. The van der Waals surface area contributed by atoms with Crippen molar-refractivity contribution in [2.45, 2.75) is 6.92 Å². The largest absolute Gasteiger partial charge is 0.624 e. The van der Waals surface area contributed by atoms with Crippen molar-refractivity contribution in [2.24, 2.45) is 0 Å². The average molecular weight is 175 g/mol. The molecule has 1 aromatic carbocycles. The number of rotatable bonds is 2. The summed E-state index contributed by atoms with van der Waals surface area (Å²) < 4.78 is 0.863. The highest BCUT2D eigenvalue weighted by atomic mass is 16.5. The first kappa shape index (κ1) is 9.52. The van der Waals surface area contributed by atoms with Gasteiger partial charge in [0.25, 0.3) is 0 Å². The molecule has 13 heavy (non-hydrogen) atoms. The van der Waals surface area contributed by atoms with Gasteiger partial charge in [-0.05, 0) is 11.6 Å². The Labute approximate surface area is 78.4 Å². The zero-order chi connectivity index (χ0) is 9.84. The number of hydrogen-bond donors (Lipinski definition) is 0. The van der Waals surface area contributed by atoms with E-state index in [1.54, 1.807) is 13.0 Å². The summed E-state index contributed by atoms with van der Waals surface area (Å²) in [6.45, 7) is 5.50. The van der Waals surface area contributed by atoms with Crippen LogP contribution >= 0.6 is 0 Å². The molecule has 0 bridgehead atoms. The maximum Gasteiger partial charge on any atom is 0.191 e. The minimum atomic E-state index is 0.704. The number of benzene rings is 1. The molecule has 68 valence electrons. The van der Waals surface area contributed by atoms with Crippen LogP contribution < -0.4 is 0 Å². The maximum atomic E-state index is 11.1. The van der Waals surface area contributed by atoms with Crippen LogP contribution in [-0.2, 0) is 0 Å². The summed E-state index contributed by atoms with van der Waals surface area (Å²) in [4.78, 5) is 0. The highest BCUT2D eigenvalue weighted by Crippen LogP contribution is 2.10. The molecule has 0 atom stereocenters. The lowest BCUT2D eigenvalue weighted by Gasteiger charge is -2.05. The van der Waals surface area contributed by atoms with Gasteiger partial charge in [-0.3, -0.25) is 0 Å². The molecule has 0 aromatic heterocycles. The van der Waals surface area contributed by atoms with Crippen LogP contribution in [0.25, 0.3) is 6.08 Å². The fraction of sp³-hybridized carbons (Fsp3) is 0.182. The minimum absolute atomic E-state index is 0.704. The third-order valence-corrected chi connectivity index (χ3v) is 2.04. The Morgan fingerprint density at radius 3 is 2.62 bits per heavy atom. The Balaban J connectivity index is 3.29. The van der Waals surface area contributed by atoms with Crippen LogP contribution in [0.1, 0.15) is 18.1 Å². The van der Waals surface area contributed by atoms with Gasteiger partial charge in [0.2, 0.25) is 0 Å². The van der Waals surface area contributed by atoms with E-state index >= 15 is 0 Å². The molecule has 0 radical (unpaired) electrons. The van der Waals surface area contributed by atoms with E-state index in [1.165, 1.54) is 7.05 Å². The molecule has 2 nitrogen and oxygen atoms in total. The Hall–Kier alpha value is -1.57. The van der Waals surface area contributed by atoms with E-state index in [-0.39, 0.29) is 0 Å². The van der Waals surface area contributed by atoms with Crippen molar-refractivity contribution >= 4 is 11.8 Å². The molecular formula is C11H13NO. The smallest absolute Gasteiger partial charge is 0.191 e. The van der Waals surface area contributed by atoms with Crippen molar-refractivity contribution < 1.29 is 4.74 Å². The van der Waals surface area contributed by atoms with Gasteiger partial charge in [-0.15, -0.1) is 0 Å². The van der Waals surface area contributed by atoms with Gasteiger partial charge in [0, 0.05) is 12.5 Å². The summed E-state index contributed by atoms with van der Waals surface area (Å²) in [5.41, 5.74) is 2.63. The van der Waals surface area contributed by atoms with Crippen LogP contribution in [0.3, 0.4) is 0 Å². The molecule has 0 aliphatic rings. The van der Waals surface area contributed by atoms with Gasteiger partial charge in [0.05, 0.1) is 0 Å². The van der Waals surface area contributed by atoms with E-state index in [0.29, 0.717) is 5.71 Å². The van der Waals surface area contributed by atoms with Crippen LogP contribution in [0, 0.1) is 5.21 Å². The van der Waals surface area contributed by atoms with Crippen LogP contribution in [-0.4, -0.2) is 17.5 Å². The van der Waals surface area contributed by atoms with Gasteiger partial charge >= 0.3 is 0 Å². The number of hydroxylamine groups is 1. The normalized spacial score (nSPS) is 12.2. The molecule has 0 saturated carbocycles. The van der Waals surface area contributed by atoms with Crippen molar-refractivity contribution in [1.82, 2.24) is 0 Å². The third kappa shape index (κ3) is 1.96. The second-order valence-electron chi connectivity index (χ2n) is 2.87. The number of hydrogen-bond acceptors (Lipinski definition) is 1. The SMILES string of the molecule is C=Cc1ccccc1/C(C)=[N+](/C)[O-]. The lowest BCUT2D eigenvalue weighted by Crippen LogP contribution is -2.10. The first-order valence-electron chi connectivity index (χ1n) is 4.13. The summed E-state index contributed by atoms with van der Waals surface area (Å²) in [6.07, 6.45) is 1.75. The Bertz CT molecular complexity index is 349. The lowest BCUT2D eigenvalue weighted by atomic mass is 10.0. The van der Waals surface area contributed by atoms with Crippen LogP contribution in [0.4, 0.5) is 0 Å². The fourth-order valence-electron chi connectivity index (χ4n) is 1.17. The van der Waals surface area contributed by atoms with Crippen LogP contribution in [0.2, 0.25) is 0 Å². The van der Waals surface area contributed by atoms with Crippen LogP contribution in [0.15, 0.2) is 30.8 Å². The first-order valence-corrected chi connectivity index (χ1v) is 4.13. The van der Waals surface area contributed by atoms with Gasteiger partial charge < -0.3 is 5.21 Å². The molecule has 0 N–H and O–H groups in total. The summed E-state index contributed by atoms with van der Waals surface area (Å²) >= 11 is 0. The summed E-state index contributed by atoms with van der Waals surface area (Å²) in [6, 6.07) is 7.70. The zero-order valence-electron chi connectivity index (χ0n) is 7.95. The zero-order valence-corrected chi connectivity index (χ0v) is 7.95. The minimum Gasteiger partial charge on any atom is -0.624 e. The van der Waals surface area contributed by atoms with E-state index in [2.05, 4.69) is 6.58 Å². The van der Waals surface area contributed by atoms with Gasteiger partial charge in [0.1, 0.15) is 7.05 Å². The van der Waals surface area contributed by atoms with Gasteiger partial charge in [0.15, 0.2) is 5.71 Å². The maximum absolute atomic E-state index is 11.1. The number of nitrogens with zero attached hydrogens (tertiary/aromatic N) is 1. The monoisotopic (exact) mass is 175 g/mol. The topological polar surface area (TPSA) is 26.1 Å². The molecular weight excluding hydrogens is 162 g/mol. The summed E-state index contributed by atoms with van der Waals surface area (Å²) in [5.74, 6) is 0. The molecule has 1 rings (SSSR count). The Morgan fingerprint density at radius 1 is 1.46 bits per heavy atom. The average Bonchev–Trinajstić information content (AvgIpc) is 2.16. The molecule has 2 heteroatoms. The highest BCUT2D eigenvalue weighted by Gasteiger charge is 2.06. The highest BCUT2D eigenvalue weighted by molar-refractivity contribution is 5.98. The van der Waals surface area contributed by atoms with Crippen molar-refractivity contribution in [3.05, 3.63) is 47.2 Å². The van der Waals surface area contributed by atoms with Crippen molar-refractivity contribution in [3.63, 3.8) is 0 Å². The van der Waals surface area contributed by atoms with Crippen molar-refractivity contribution in [3.8, 4) is 0 Å². The molecule has 0 amide bonds. The van der Waals surface area contributed by atoms with E-state index < -0.39 is 0 Å². The lowest BCUT2D eigenvalue weighted by molar-refractivity contribution is -0.422. The van der Waals surface area contributed by atoms with Crippen LogP contribution in [0.5, 0.6) is 0 Å². The molecule has 0 saturated heterocycles. The molecule has 0 unspecified atom stereocenters.